The van der Waals surface area contributed by atoms with Crippen molar-refractivity contribution in [2.75, 3.05) is 24.3 Å². The highest BCUT2D eigenvalue weighted by molar-refractivity contribution is 6.05. The molecule has 2 N–H and O–H groups in total. The summed E-state index contributed by atoms with van der Waals surface area (Å²) in [6.45, 7) is 3.45. The molecule has 0 aliphatic carbocycles. The number of likely N-dealkylation sites (N-methyl/N-ethyl adjacent to an activating group) is 2. The monoisotopic (exact) mass is 351 g/mol. The zero-order valence-electron chi connectivity index (χ0n) is 14.8. The molecule has 0 unspecified atom stereocenters. The second-order valence-electron chi connectivity index (χ2n) is 5.65. The van der Waals surface area contributed by atoms with E-state index in [-0.39, 0.29) is 24.1 Å². The summed E-state index contributed by atoms with van der Waals surface area (Å²) >= 11 is 0. The minimum absolute atomic E-state index is 0.0951. The predicted molar refractivity (Wildman–Crippen MR) is 102 cm³/mol. The van der Waals surface area contributed by atoms with Gasteiger partial charge in [0.1, 0.15) is 0 Å². The second-order valence-corrected chi connectivity index (χ2v) is 5.65. The van der Waals surface area contributed by atoms with Gasteiger partial charge in [-0.15, -0.1) is 0 Å². The van der Waals surface area contributed by atoms with Gasteiger partial charge in [-0.2, -0.15) is 0 Å². The van der Waals surface area contributed by atoms with E-state index in [2.05, 4.69) is 17.2 Å². The lowest BCUT2D eigenvalue weighted by Crippen LogP contribution is -2.23. The van der Waals surface area contributed by atoms with Crippen LogP contribution in [0, 0.1) is 0 Å². The van der Waals surface area contributed by atoms with Gasteiger partial charge in [0.15, 0.2) is 0 Å². The fourth-order valence-electron chi connectivity index (χ4n) is 2.34. The number of anilines is 2. The SMILES string of the molecule is C=CC(=O)N(C)c1ccc(C(=O)Nc2cccc(CC(=O)NC)c2)cc1. The molecule has 0 saturated heterocycles. The molecule has 2 aromatic rings. The molecule has 0 aliphatic heterocycles. The van der Waals surface area contributed by atoms with Gasteiger partial charge in [0.25, 0.3) is 5.91 Å². The highest BCUT2D eigenvalue weighted by atomic mass is 16.2. The molecule has 0 atom stereocenters. The van der Waals surface area contributed by atoms with Crippen LogP contribution < -0.4 is 15.5 Å². The number of hydrogen-bond donors (Lipinski definition) is 2. The van der Waals surface area contributed by atoms with Gasteiger partial charge in [0.05, 0.1) is 6.42 Å². The Bertz CT molecular complexity index is 828. The lowest BCUT2D eigenvalue weighted by Gasteiger charge is -2.15. The van der Waals surface area contributed by atoms with Crippen LogP contribution >= 0.6 is 0 Å². The predicted octanol–water partition coefficient (Wildman–Crippen LogP) is 2.38. The highest BCUT2D eigenvalue weighted by Crippen LogP contribution is 2.17. The molecule has 0 aliphatic rings. The zero-order chi connectivity index (χ0) is 19.1. The van der Waals surface area contributed by atoms with Crippen LogP contribution in [-0.4, -0.2) is 31.8 Å². The smallest absolute Gasteiger partial charge is 0.255 e. The average molecular weight is 351 g/mol. The third kappa shape index (κ3) is 4.80. The van der Waals surface area contributed by atoms with Gasteiger partial charge >= 0.3 is 0 Å². The molecule has 0 fully saturated rings. The third-order valence-corrected chi connectivity index (χ3v) is 3.85. The molecule has 2 aromatic carbocycles. The van der Waals surface area contributed by atoms with E-state index in [0.29, 0.717) is 16.9 Å². The maximum Gasteiger partial charge on any atom is 0.255 e. The van der Waals surface area contributed by atoms with Crippen molar-refractivity contribution < 1.29 is 14.4 Å². The summed E-state index contributed by atoms with van der Waals surface area (Å²) in [7, 11) is 3.22. The fourth-order valence-corrected chi connectivity index (χ4v) is 2.34. The lowest BCUT2D eigenvalue weighted by molar-refractivity contribution is -0.120. The van der Waals surface area contributed by atoms with Crippen molar-refractivity contribution in [2.45, 2.75) is 6.42 Å². The quantitative estimate of drug-likeness (QED) is 0.784. The first-order valence-corrected chi connectivity index (χ1v) is 8.05. The number of rotatable bonds is 6. The maximum absolute atomic E-state index is 12.4. The van der Waals surface area contributed by atoms with Crippen LogP contribution in [0.25, 0.3) is 0 Å². The van der Waals surface area contributed by atoms with Crippen LogP contribution in [0.3, 0.4) is 0 Å². The first kappa shape index (κ1) is 18.9. The number of carbonyl (C=O) groups is 3. The van der Waals surface area contributed by atoms with Crippen LogP contribution in [0.4, 0.5) is 11.4 Å². The van der Waals surface area contributed by atoms with Crippen LogP contribution in [0.15, 0.2) is 61.2 Å². The molecule has 6 nitrogen and oxygen atoms in total. The van der Waals surface area contributed by atoms with Gasteiger partial charge in [-0.1, -0.05) is 18.7 Å². The summed E-state index contributed by atoms with van der Waals surface area (Å²) in [6.07, 6.45) is 1.48. The number of benzene rings is 2. The van der Waals surface area contributed by atoms with Gasteiger partial charge in [-0.05, 0) is 48.0 Å². The third-order valence-electron chi connectivity index (χ3n) is 3.85. The number of carbonyl (C=O) groups excluding carboxylic acids is 3. The van der Waals surface area contributed by atoms with Gasteiger partial charge in [0, 0.05) is 31.0 Å². The molecule has 0 saturated carbocycles. The summed E-state index contributed by atoms with van der Waals surface area (Å²) in [4.78, 5) is 36.9. The van der Waals surface area contributed by atoms with Crippen molar-refractivity contribution in [3.63, 3.8) is 0 Å². The topological polar surface area (TPSA) is 78.5 Å². The molecule has 3 amide bonds. The largest absolute Gasteiger partial charge is 0.359 e. The first-order chi connectivity index (χ1) is 12.4. The number of nitrogens with zero attached hydrogens (tertiary/aromatic N) is 1. The van der Waals surface area contributed by atoms with E-state index < -0.39 is 0 Å². The second kappa shape index (κ2) is 8.62. The van der Waals surface area contributed by atoms with Gasteiger partial charge in [-0.3, -0.25) is 14.4 Å². The number of hydrogen-bond acceptors (Lipinski definition) is 3. The Hall–Kier alpha value is -3.41. The van der Waals surface area contributed by atoms with Crippen molar-refractivity contribution in [2.24, 2.45) is 0 Å². The van der Waals surface area contributed by atoms with Gasteiger partial charge < -0.3 is 15.5 Å². The molecular weight excluding hydrogens is 330 g/mol. The summed E-state index contributed by atoms with van der Waals surface area (Å²) < 4.78 is 0. The molecule has 0 radical (unpaired) electrons. The molecule has 0 aromatic heterocycles. The van der Waals surface area contributed by atoms with E-state index in [1.165, 1.54) is 11.0 Å². The van der Waals surface area contributed by atoms with Crippen molar-refractivity contribution in [3.05, 3.63) is 72.3 Å². The Morgan fingerprint density at radius 2 is 1.81 bits per heavy atom. The molecule has 26 heavy (non-hydrogen) atoms. The Kier molecular flexibility index (Phi) is 6.27. The summed E-state index contributed by atoms with van der Waals surface area (Å²) in [5.41, 5.74) is 2.55. The standard InChI is InChI=1S/C20H21N3O3/c1-4-19(25)23(3)17-10-8-15(9-11-17)20(26)22-16-7-5-6-14(12-16)13-18(24)21-2/h4-12H,1,13H2,2-3H3,(H,21,24)(H,22,26). The molecule has 0 spiro atoms. The van der Waals surface area contributed by atoms with Crippen LogP contribution in [0.5, 0.6) is 0 Å². The van der Waals surface area contributed by atoms with Gasteiger partial charge in [0.2, 0.25) is 11.8 Å². The zero-order valence-corrected chi connectivity index (χ0v) is 14.8. The minimum atomic E-state index is -0.272. The Balaban J connectivity index is 2.08. The maximum atomic E-state index is 12.4. The first-order valence-electron chi connectivity index (χ1n) is 8.05. The lowest BCUT2D eigenvalue weighted by atomic mass is 10.1. The van der Waals surface area contributed by atoms with Crippen molar-refractivity contribution in [3.8, 4) is 0 Å². The summed E-state index contributed by atoms with van der Waals surface area (Å²) in [5, 5.41) is 5.37. The summed E-state index contributed by atoms with van der Waals surface area (Å²) in [5.74, 6) is -0.594. The average Bonchev–Trinajstić information content (AvgIpc) is 2.67. The van der Waals surface area contributed by atoms with Crippen LogP contribution in [-0.2, 0) is 16.0 Å². The van der Waals surface area contributed by atoms with Crippen LogP contribution in [0.1, 0.15) is 15.9 Å². The molecule has 0 heterocycles. The molecule has 2 rings (SSSR count). The van der Waals surface area contributed by atoms with E-state index >= 15 is 0 Å². The number of nitrogens with one attached hydrogen (secondary N) is 2. The van der Waals surface area contributed by atoms with E-state index in [4.69, 9.17) is 0 Å². The fraction of sp³-hybridized carbons (Fsp3) is 0.150. The van der Waals surface area contributed by atoms with Crippen molar-refractivity contribution in [1.29, 1.82) is 0 Å². The Morgan fingerprint density at radius 1 is 1.12 bits per heavy atom. The minimum Gasteiger partial charge on any atom is -0.359 e. The molecule has 134 valence electrons. The van der Waals surface area contributed by atoms with Gasteiger partial charge in [-0.25, -0.2) is 0 Å². The van der Waals surface area contributed by atoms with Crippen molar-refractivity contribution >= 4 is 29.1 Å². The van der Waals surface area contributed by atoms with E-state index in [9.17, 15) is 14.4 Å². The molecular formula is C20H21N3O3. The van der Waals surface area contributed by atoms with E-state index in [1.807, 2.05) is 6.07 Å². The molecule has 0 bridgehead atoms. The normalized spacial score (nSPS) is 9.92. The van der Waals surface area contributed by atoms with E-state index in [1.54, 1.807) is 56.6 Å². The Morgan fingerprint density at radius 3 is 2.42 bits per heavy atom. The number of amides is 3. The van der Waals surface area contributed by atoms with E-state index in [0.717, 1.165) is 5.56 Å². The molecule has 6 heteroatoms. The highest BCUT2D eigenvalue weighted by Gasteiger charge is 2.10. The van der Waals surface area contributed by atoms with Crippen molar-refractivity contribution in [1.82, 2.24) is 5.32 Å². The summed E-state index contributed by atoms with van der Waals surface area (Å²) in [6, 6.07) is 13.8. The van der Waals surface area contributed by atoms with Crippen LogP contribution in [0.2, 0.25) is 0 Å². The Labute approximate surface area is 152 Å².